The van der Waals surface area contributed by atoms with Gasteiger partial charge in [-0.2, -0.15) is 0 Å². The van der Waals surface area contributed by atoms with Crippen LogP contribution in [0.3, 0.4) is 0 Å². The van der Waals surface area contributed by atoms with E-state index in [0.717, 1.165) is 5.56 Å². The number of carbonyl (C=O) groups is 1. The van der Waals surface area contributed by atoms with E-state index in [0.29, 0.717) is 23.4 Å². The predicted octanol–water partition coefficient (Wildman–Crippen LogP) is 5.36. The highest BCUT2D eigenvalue weighted by Gasteiger charge is 2.18. The number of nitrogens with one attached hydrogen (secondary N) is 1. The van der Waals surface area contributed by atoms with Crippen LogP contribution in [-0.2, 0) is 12.0 Å². The molecule has 0 aliphatic heterocycles. The van der Waals surface area contributed by atoms with Crippen molar-refractivity contribution in [2.24, 2.45) is 5.73 Å². The van der Waals surface area contributed by atoms with Crippen LogP contribution in [0.25, 0.3) is 11.3 Å². The lowest BCUT2D eigenvalue weighted by Gasteiger charge is -2.21. The number of hydrogen-bond acceptors (Lipinski definition) is 5. The van der Waals surface area contributed by atoms with Crippen molar-refractivity contribution in [1.82, 2.24) is 10.3 Å². The minimum Gasteiger partial charge on any atom is -0.493 e. The lowest BCUT2D eigenvalue weighted by atomic mass is 9.93. The molecule has 192 valence electrons. The van der Waals surface area contributed by atoms with Gasteiger partial charge in [-0.05, 0) is 67.9 Å². The van der Waals surface area contributed by atoms with E-state index in [4.69, 9.17) is 26.8 Å². The quantitative estimate of drug-likeness (QED) is 0.375. The number of rotatable bonds is 10. The molecule has 0 bridgehead atoms. The van der Waals surface area contributed by atoms with E-state index < -0.39 is 24.4 Å². The Kier molecular flexibility index (Phi) is 8.81. The summed E-state index contributed by atoms with van der Waals surface area (Å²) in [6.07, 6.45) is -2.24. The van der Waals surface area contributed by atoms with E-state index in [1.165, 1.54) is 37.4 Å². The number of amides is 1. The molecule has 0 saturated carbocycles. The minimum absolute atomic E-state index is 0.0124. The highest BCUT2D eigenvalue weighted by Crippen LogP contribution is 2.29. The molecule has 0 aliphatic carbocycles. The van der Waals surface area contributed by atoms with E-state index in [2.05, 4.69) is 10.3 Å². The van der Waals surface area contributed by atoms with Crippen molar-refractivity contribution in [3.05, 3.63) is 76.2 Å². The van der Waals surface area contributed by atoms with Gasteiger partial charge in [-0.15, -0.1) is 0 Å². The molecule has 3 aromatic rings. The number of halogens is 4. The van der Waals surface area contributed by atoms with E-state index in [1.807, 2.05) is 26.0 Å². The number of methoxy groups -OCH3 is 1. The van der Waals surface area contributed by atoms with Gasteiger partial charge in [-0.3, -0.25) is 9.78 Å². The van der Waals surface area contributed by atoms with Gasteiger partial charge in [0.15, 0.2) is 11.5 Å². The topological polar surface area (TPSA) is 86.5 Å². The Bertz CT molecular complexity index is 1230. The lowest BCUT2D eigenvalue weighted by Crippen LogP contribution is -2.29. The van der Waals surface area contributed by atoms with Gasteiger partial charge in [0.2, 0.25) is 0 Å². The molecule has 1 amide bonds. The fourth-order valence-electron chi connectivity index (χ4n) is 3.38. The molecule has 1 heterocycles. The number of hydrogen-bond donors (Lipinski definition) is 2. The van der Waals surface area contributed by atoms with Crippen molar-refractivity contribution in [2.75, 3.05) is 20.3 Å². The smallest absolute Gasteiger partial charge is 0.272 e. The molecule has 3 rings (SSSR count). The average molecular weight is 522 g/mol. The second kappa shape index (κ2) is 11.6. The van der Waals surface area contributed by atoms with Crippen molar-refractivity contribution < 1.29 is 27.4 Å². The Morgan fingerprint density at radius 1 is 1.14 bits per heavy atom. The first-order chi connectivity index (χ1) is 17.0. The first-order valence-electron chi connectivity index (χ1n) is 11.1. The molecule has 1 aromatic heterocycles. The van der Waals surface area contributed by atoms with E-state index in [-0.39, 0.29) is 34.5 Å². The minimum atomic E-state index is -2.63. The molecule has 2 aromatic carbocycles. The molecule has 0 saturated heterocycles. The van der Waals surface area contributed by atoms with Gasteiger partial charge in [0.25, 0.3) is 12.3 Å². The number of ether oxygens (including phenoxy) is 2. The summed E-state index contributed by atoms with van der Waals surface area (Å²) >= 11 is 5.95. The zero-order chi connectivity index (χ0) is 26.5. The maximum absolute atomic E-state index is 13.6. The van der Waals surface area contributed by atoms with Crippen LogP contribution in [0.15, 0.2) is 48.5 Å². The standard InChI is InChI=1S/C26H27ClF3N3O3/c1-26(2,31)17-12-18(33-21(13-17)15-4-6-20(28)19(27)10-15)8-9-32-25(34)16-5-7-22(23(11-16)35-3)36-14-24(29)30/h4-7,10-13,24H,8-9,14,31H2,1-3H3,(H,32,34). The van der Waals surface area contributed by atoms with Crippen LogP contribution in [0.4, 0.5) is 13.2 Å². The third-order valence-corrected chi connectivity index (χ3v) is 5.58. The summed E-state index contributed by atoms with van der Waals surface area (Å²) in [4.78, 5) is 17.3. The van der Waals surface area contributed by atoms with Crippen LogP contribution >= 0.6 is 11.6 Å². The van der Waals surface area contributed by atoms with Gasteiger partial charge < -0.3 is 20.5 Å². The number of alkyl halides is 2. The molecule has 0 unspecified atom stereocenters. The van der Waals surface area contributed by atoms with Crippen LogP contribution in [0.1, 0.15) is 35.5 Å². The molecule has 0 fully saturated rings. The molecule has 3 N–H and O–H groups in total. The van der Waals surface area contributed by atoms with E-state index >= 15 is 0 Å². The Balaban J connectivity index is 1.74. The number of carbonyl (C=O) groups excluding carboxylic acids is 1. The van der Waals surface area contributed by atoms with Crippen molar-refractivity contribution in [2.45, 2.75) is 32.2 Å². The van der Waals surface area contributed by atoms with Crippen LogP contribution in [0, 0.1) is 5.82 Å². The Hall–Kier alpha value is -3.30. The third-order valence-electron chi connectivity index (χ3n) is 5.30. The summed E-state index contributed by atoms with van der Waals surface area (Å²) in [6, 6.07) is 12.3. The summed E-state index contributed by atoms with van der Waals surface area (Å²) in [5.74, 6) is -0.614. The van der Waals surface area contributed by atoms with Crippen molar-refractivity contribution in [3.8, 4) is 22.8 Å². The highest BCUT2D eigenvalue weighted by molar-refractivity contribution is 6.31. The predicted molar refractivity (Wildman–Crippen MR) is 132 cm³/mol. The number of nitrogens with two attached hydrogens (primary N) is 1. The average Bonchev–Trinajstić information content (AvgIpc) is 2.83. The van der Waals surface area contributed by atoms with Crippen LogP contribution < -0.4 is 20.5 Å². The summed E-state index contributed by atoms with van der Waals surface area (Å²) in [6.45, 7) is 3.20. The van der Waals surface area contributed by atoms with Gasteiger partial charge >= 0.3 is 0 Å². The number of pyridine rings is 1. The molecule has 36 heavy (non-hydrogen) atoms. The number of nitrogens with zero attached hydrogens (tertiary/aromatic N) is 1. The van der Waals surface area contributed by atoms with E-state index in [9.17, 15) is 18.0 Å². The second-order valence-corrected chi connectivity index (χ2v) is 9.06. The van der Waals surface area contributed by atoms with Crippen molar-refractivity contribution in [3.63, 3.8) is 0 Å². The molecule has 0 radical (unpaired) electrons. The Morgan fingerprint density at radius 2 is 1.89 bits per heavy atom. The molecule has 0 spiro atoms. The van der Waals surface area contributed by atoms with Crippen LogP contribution in [0.2, 0.25) is 5.02 Å². The normalized spacial score (nSPS) is 11.5. The SMILES string of the molecule is COc1cc(C(=O)NCCc2cc(C(C)(C)N)cc(-c3ccc(F)c(Cl)c3)n2)ccc1OCC(F)F. The summed E-state index contributed by atoms with van der Waals surface area (Å²) < 4.78 is 48.6. The molecule has 0 aliphatic rings. The largest absolute Gasteiger partial charge is 0.493 e. The lowest BCUT2D eigenvalue weighted by molar-refractivity contribution is 0.0803. The van der Waals surface area contributed by atoms with Gasteiger partial charge in [0.1, 0.15) is 12.4 Å². The van der Waals surface area contributed by atoms with Crippen LogP contribution in [0.5, 0.6) is 11.5 Å². The summed E-state index contributed by atoms with van der Waals surface area (Å²) in [7, 11) is 1.36. The fraction of sp³-hybridized carbons (Fsp3) is 0.308. The number of aromatic nitrogens is 1. The molecule has 10 heteroatoms. The summed E-state index contributed by atoms with van der Waals surface area (Å²) in [5, 5.41) is 2.79. The maximum Gasteiger partial charge on any atom is 0.272 e. The number of benzene rings is 2. The van der Waals surface area contributed by atoms with Gasteiger partial charge in [-0.25, -0.2) is 13.2 Å². The Morgan fingerprint density at radius 3 is 2.53 bits per heavy atom. The van der Waals surface area contributed by atoms with E-state index in [1.54, 1.807) is 6.07 Å². The Labute approximate surface area is 212 Å². The van der Waals surface area contributed by atoms with Gasteiger partial charge in [0, 0.05) is 35.3 Å². The monoisotopic (exact) mass is 521 g/mol. The van der Waals surface area contributed by atoms with Crippen molar-refractivity contribution >= 4 is 17.5 Å². The third kappa shape index (κ3) is 7.11. The summed E-state index contributed by atoms with van der Waals surface area (Å²) in [5.41, 5.74) is 8.64. The van der Waals surface area contributed by atoms with Crippen LogP contribution in [-0.4, -0.2) is 37.6 Å². The zero-order valence-electron chi connectivity index (χ0n) is 20.1. The highest BCUT2D eigenvalue weighted by atomic mass is 35.5. The molecule has 0 atom stereocenters. The maximum atomic E-state index is 13.6. The molecule has 6 nitrogen and oxygen atoms in total. The zero-order valence-corrected chi connectivity index (χ0v) is 20.8. The van der Waals surface area contributed by atoms with Gasteiger partial charge in [0.05, 0.1) is 17.8 Å². The first-order valence-corrected chi connectivity index (χ1v) is 11.5. The molecular weight excluding hydrogens is 495 g/mol. The fourth-order valence-corrected chi connectivity index (χ4v) is 3.56. The molecular formula is C26H27ClF3N3O3. The van der Waals surface area contributed by atoms with Crippen molar-refractivity contribution in [1.29, 1.82) is 0 Å². The van der Waals surface area contributed by atoms with Gasteiger partial charge in [-0.1, -0.05) is 11.6 Å². The second-order valence-electron chi connectivity index (χ2n) is 8.66. The first kappa shape index (κ1) is 27.3.